The summed E-state index contributed by atoms with van der Waals surface area (Å²) < 4.78 is 4.53. The first-order chi connectivity index (χ1) is 6.16. The highest BCUT2D eigenvalue weighted by atomic mass is 16.5. The molecule has 0 aliphatic carbocycles. The van der Waals surface area contributed by atoms with Crippen molar-refractivity contribution in [2.75, 3.05) is 20.2 Å². The maximum Gasteiger partial charge on any atom is 0.305 e. The average Bonchev–Trinajstić information content (AvgIpc) is 2.10. The number of carbonyl (C=O) groups excluding carboxylic acids is 1. The summed E-state index contributed by atoms with van der Waals surface area (Å²) in [5.41, 5.74) is 0. The molecule has 0 aromatic heterocycles. The monoisotopic (exact) mass is 187 g/mol. The first kappa shape index (κ1) is 12.4. The number of esters is 1. The van der Waals surface area contributed by atoms with Gasteiger partial charge < -0.3 is 10.1 Å². The first-order valence-electron chi connectivity index (χ1n) is 4.94. The highest BCUT2D eigenvalue weighted by Gasteiger charge is 1.98. The van der Waals surface area contributed by atoms with E-state index in [1.807, 2.05) is 0 Å². The van der Waals surface area contributed by atoms with Crippen LogP contribution in [0.25, 0.3) is 0 Å². The standard InChI is InChI=1S/C10H21NO2/c1-9(2)6-8-11-7-4-5-10(12)13-3/h9,11H,4-8H2,1-3H3. The number of hydrogen-bond donors (Lipinski definition) is 1. The van der Waals surface area contributed by atoms with Crippen LogP contribution in [0.15, 0.2) is 0 Å². The average molecular weight is 187 g/mol. The van der Waals surface area contributed by atoms with E-state index in [9.17, 15) is 4.79 Å². The van der Waals surface area contributed by atoms with Crippen LogP contribution >= 0.6 is 0 Å². The van der Waals surface area contributed by atoms with Gasteiger partial charge in [0.2, 0.25) is 0 Å². The third-order valence-electron chi connectivity index (χ3n) is 1.86. The van der Waals surface area contributed by atoms with E-state index < -0.39 is 0 Å². The minimum absolute atomic E-state index is 0.120. The number of methoxy groups -OCH3 is 1. The minimum atomic E-state index is -0.120. The van der Waals surface area contributed by atoms with Crippen LogP contribution < -0.4 is 5.32 Å². The lowest BCUT2D eigenvalue weighted by Gasteiger charge is -2.05. The van der Waals surface area contributed by atoms with Crippen molar-refractivity contribution in [3.8, 4) is 0 Å². The Hall–Kier alpha value is -0.570. The van der Waals surface area contributed by atoms with E-state index in [-0.39, 0.29) is 5.97 Å². The molecule has 0 spiro atoms. The summed E-state index contributed by atoms with van der Waals surface area (Å²) in [6.45, 7) is 6.35. The lowest BCUT2D eigenvalue weighted by atomic mass is 10.1. The lowest BCUT2D eigenvalue weighted by Crippen LogP contribution is -2.19. The fraction of sp³-hybridized carbons (Fsp3) is 0.900. The van der Waals surface area contributed by atoms with Crippen molar-refractivity contribution < 1.29 is 9.53 Å². The smallest absolute Gasteiger partial charge is 0.305 e. The molecule has 0 atom stereocenters. The van der Waals surface area contributed by atoms with Crippen molar-refractivity contribution in [3.05, 3.63) is 0 Å². The molecule has 1 N–H and O–H groups in total. The van der Waals surface area contributed by atoms with E-state index in [4.69, 9.17) is 0 Å². The number of nitrogens with one attached hydrogen (secondary N) is 1. The predicted octanol–water partition coefficient (Wildman–Crippen LogP) is 1.58. The van der Waals surface area contributed by atoms with Crippen molar-refractivity contribution in [2.45, 2.75) is 33.1 Å². The molecule has 0 amide bonds. The summed E-state index contributed by atoms with van der Waals surface area (Å²) in [7, 11) is 1.43. The zero-order valence-corrected chi connectivity index (χ0v) is 8.93. The third-order valence-corrected chi connectivity index (χ3v) is 1.86. The van der Waals surface area contributed by atoms with Crippen LogP contribution in [0.3, 0.4) is 0 Å². The quantitative estimate of drug-likeness (QED) is 0.485. The Labute approximate surface area is 80.8 Å². The molecule has 0 aromatic rings. The molecule has 0 unspecified atom stereocenters. The van der Waals surface area contributed by atoms with Crippen LogP contribution in [-0.4, -0.2) is 26.2 Å². The first-order valence-corrected chi connectivity index (χ1v) is 4.94. The topological polar surface area (TPSA) is 38.3 Å². The fourth-order valence-corrected chi connectivity index (χ4v) is 0.976. The molecular weight excluding hydrogens is 166 g/mol. The van der Waals surface area contributed by atoms with Crippen molar-refractivity contribution in [3.63, 3.8) is 0 Å². The molecule has 0 radical (unpaired) electrons. The highest BCUT2D eigenvalue weighted by molar-refractivity contribution is 5.68. The summed E-state index contributed by atoms with van der Waals surface area (Å²) in [6.07, 6.45) is 2.58. The maximum atomic E-state index is 10.7. The Morgan fingerprint density at radius 2 is 2.08 bits per heavy atom. The molecule has 0 aromatic carbocycles. The predicted molar refractivity (Wildman–Crippen MR) is 53.6 cm³/mol. The van der Waals surface area contributed by atoms with Gasteiger partial charge in [-0.3, -0.25) is 4.79 Å². The normalized spacial score (nSPS) is 10.5. The van der Waals surface area contributed by atoms with Gasteiger partial charge in [-0.25, -0.2) is 0 Å². The fourth-order valence-electron chi connectivity index (χ4n) is 0.976. The SMILES string of the molecule is COC(=O)CCCNCCC(C)C. The van der Waals surface area contributed by atoms with E-state index in [1.54, 1.807) is 0 Å². The van der Waals surface area contributed by atoms with E-state index in [2.05, 4.69) is 23.9 Å². The van der Waals surface area contributed by atoms with Gasteiger partial charge in [0.25, 0.3) is 0 Å². The highest BCUT2D eigenvalue weighted by Crippen LogP contribution is 1.96. The zero-order chi connectivity index (χ0) is 10.1. The van der Waals surface area contributed by atoms with Gasteiger partial charge in [0.15, 0.2) is 0 Å². The molecule has 0 saturated heterocycles. The maximum absolute atomic E-state index is 10.7. The van der Waals surface area contributed by atoms with Gasteiger partial charge in [-0.1, -0.05) is 13.8 Å². The second-order valence-electron chi connectivity index (χ2n) is 3.61. The molecular formula is C10H21NO2. The molecule has 0 saturated carbocycles. The van der Waals surface area contributed by atoms with Gasteiger partial charge in [-0.05, 0) is 31.8 Å². The molecule has 3 nitrogen and oxygen atoms in total. The Kier molecular flexibility index (Phi) is 7.69. The Balaban J connectivity index is 3.04. The third kappa shape index (κ3) is 9.34. The summed E-state index contributed by atoms with van der Waals surface area (Å²) in [5.74, 6) is 0.624. The van der Waals surface area contributed by atoms with Gasteiger partial charge in [-0.2, -0.15) is 0 Å². The van der Waals surface area contributed by atoms with Crippen molar-refractivity contribution in [2.24, 2.45) is 5.92 Å². The summed E-state index contributed by atoms with van der Waals surface area (Å²) >= 11 is 0. The lowest BCUT2D eigenvalue weighted by molar-refractivity contribution is -0.140. The number of ether oxygens (including phenoxy) is 1. The molecule has 3 heteroatoms. The number of hydrogen-bond acceptors (Lipinski definition) is 3. The van der Waals surface area contributed by atoms with Crippen molar-refractivity contribution >= 4 is 5.97 Å². The minimum Gasteiger partial charge on any atom is -0.469 e. The van der Waals surface area contributed by atoms with E-state index in [0.717, 1.165) is 25.4 Å². The molecule has 0 fully saturated rings. The van der Waals surface area contributed by atoms with Crippen LogP contribution in [0, 0.1) is 5.92 Å². The van der Waals surface area contributed by atoms with E-state index in [0.29, 0.717) is 6.42 Å². The van der Waals surface area contributed by atoms with Gasteiger partial charge in [0, 0.05) is 6.42 Å². The number of carbonyl (C=O) groups is 1. The largest absolute Gasteiger partial charge is 0.469 e. The van der Waals surface area contributed by atoms with Gasteiger partial charge >= 0.3 is 5.97 Å². The number of rotatable bonds is 7. The molecule has 13 heavy (non-hydrogen) atoms. The summed E-state index contributed by atoms with van der Waals surface area (Å²) in [5, 5.41) is 3.29. The van der Waals surface area contributed by atoms with Crippen LogP contribution in [0.1, 0.15) is 33.1 Å². The summed E-state index contributed by atoms with van der Waals surface area (Å²) in [6, 6.07) is 0. The Morgan fingerprint density at radius 3 is 2.62 bits per heavy atom. The molecule has 0 bridgehead atoms. The molecule has 0 aliphatic rings. The van der Waals surface area contributed by atoms with E-state index >= 15 is 0 Å². The van der Waals surface area contributed by atoms with Crippen LogP contribution in [0.2, 0.25) is 0 Å². The second-order valence-corrected chi connectivity index (χ2v) is 3.61. The Bertz CT molecular complexity index is 135. The second kappa shape index (κ2) is 8.05. The van der Waals surface area contributed by atoms with Gasteiger partial charge in [-0.15, -0.1) is 0 Å². The molecule has 0 aliphatic heterocycles. The van der Waals surface area contributed by atoms with Crippen LogP contribution in [-0.2, 0) is 9.53 Å². The molecule has 0 heterocycles. The zero-order valence-electron chi connectivity index (χ0n) is 8.93. The molecule has 78 valence electrons. The van der Waals surface area contributed by atoms with Gasteiger partial charge in [0.05, 0.1) is 7.11 Å². The van der Waals surface area contributed by atoms with Crippen LogP contribution in [0.4, 0.5) is 0 Å². The molecule has 0 rings (SSSR count). The van der Waals surface area contributed by atoms with E-state index in [1.165, 1.54) is 13.5 Å². The van der Waals surface area contributed by atoms with Crippen molar-refractivity contribution in [1.82, 2.24) is 5.32 Å². The van der Waals surface area contributed by atoms with Crippen molar-refractivity contribution in [1.29, 1.82) is 0 Å². The summed E-state index contributed by atoms with van der Waals surface area (Å²) in [4.78, 5) is 10.7. The van der Waals surface area contributed by atoms with Crippen LogP contribution in [0.5, 0.6) is 0 Å². The van der Waals surface area contributed by atoms with Gasteiger partial charge in [0.1, 0.15) is 0 Å². The Morgan fingerprint density at radius 1 is 1.38 bits per heavy atom.